The van der Waals surface area contributed by atoms with Crippen molar-refractivity contribution in [2.24, 2.45) is 0 Å². The maximum atomic E-state index is 12.4. The average Bonchev–Trinajstić information content (AvgIpc) is 3.06. The van der Waals surface area contributed by atoms with Crippen LogP contribution in [0, 0.1) is 0 Å². The number of halogens is 3. The maximum absolute atomic E-state index is 12.4. The molecule has 9 heteroatoms. The lowest BCUT2D eigenvalue weighted by molar-refractivity contribution is -0.137. The molecule has 2 aromatic rings. The molecule has 0 saturated heterocycles. The molecule has 1 atom stereocenters. The lowest BCUT2D eigenvalue weighted by Gasteiger charge is -2.11. The molecule has 0 aliphatic carbocycles. The van der Waals surface area contributed by atoms with Gasteiger partial charge in [0.05, 0.1) is 5.56 Å². The molecule has 0 aliphatic rings. The molecule has 3 N–H and O–H groups in total. The Morgan fingerprint density at radius 2 is 1.79 bits per heavy atom. The molecule has 0 fully saturated rings. The molecule has 1 aromatic heterocycles. The van der Waals surface area contributed by atoms with Crippen molar-refractivity contribution in [1.29, 1.82) is 0 Å². The maximum Gasteiger partial charge on any atom is 0.416 e. The molecule has 0 unspecified atom stereocenters. The highest BCUT2D eigenvalue weighted by molar-refractivity contribution is 7.10. The number of aliphatic hydroxyl groups excluding tert-OH is 1. The van der Waals surface area contributed by atoms with E-state index in [-0.39, 0.29) is 12.2 Å². The second-order valence-corrected chi connectivity index (χ2v) is 5.75. The largest absolute Gasteiger partial charge is 0.416 e. The number of aliphatic hydroxyl groups is 1. The van der Waals surface area contributed by atoms with Gasteiger partial charge in [0.25, 0.3) is 0 Å². The Kier molecular flexibility index (Phi) is 5.58. The summed E-state index contributed by atoms with van der Waals surface area (Å²) in [5.74, 6) is -2.03. The molecule has 24 heavy (non-hydrogen) atoms. The summed E-state index contributed by atoms with van der Waals surface area (Å²) in [7, 11) is 0. The quantitative estimate of drug-likeness (QED) is 0.735. The van der Waals surface area contributed by atoms with E-state index in [0.29, 0.717) is 4.88 Å². The highest BCUT2D eigenvalue weighted by atomic mass is 32.1. The van der Waals surface area contributed by atoms with Crippen LogP contribution in [0.5, 0.6) is 0 Å². The van der Waals surface area contributed by atoms with E-state index in [9.17, 15) is 27.9 Å². The van der Waals surface area contributed by atoms with Gasteiger partial charge in [0.2, 0.25) is 0 Å². The minimum atomic E-state index is -4.47. The summed E-state index contributed by atoms with van der Waals surface area (Å²) < 4.78 is 37.3. The molecular weight excluding hydrogens is 345 g/mol. The lowest BCUT2D eigenvalue weighted by atomic mass is 10.2. The summed E-state index contributed by atoms with van der Waals surface area (Å²) in [6.07, 6.45) is -5.41. The average molecular weight is 358 g/mol. The van der Waals surface area contributed by atoms with Gasteiger partial charge in [-0.1, -0.05) is 6.07 Å². The van der Waals surface area contributed by atoms with Gasteiger partial charge >= 0.3 is 18.0 Å². The smallest absolute Gasteiger partial charge is 0.386 e. The van der Waals surface area contributed by atoms with Gasteiger partial charge in [-0.15, -0.1) is 11.3 Å². The van der Waals surface area contributed by atoms with Gasteiger partial charge in [-0.05, 0) is 35.7 Å². The van der Waals surface area contributed by atoms with Crippen LogP contribution in [0.3, 0.4) is 0 Å². The second-order valence-electron chi connectivity index (χ2n) is 4.77. The molecule has 0 radical (unpaired) electrons. The van der Waals surface area contributed by atoms with Gasteiger partial charge in [0.1, 0.15) is 6.10 Å². The van der Waals surface area contributed by atoms with Gasteiger partial charge in [0, 0.05) is 17.1 Å². The fourth-order valence-electron chi connectivity index (χ4n) is 1.78. The van der Waals surface area contributed by atoms with Gasteiger partial charge in [-0.3, -0.25) is 9.59 Å². The summed E-state index contributed by atoms with van der Waals surface area (Å²) in [5, 5.41) is 16.0. The zero-order valence-corrected chi connectivity index (χ0v) is 12.9. The van der Waals surface area contributed by atoms with Crippen LogP contribution in [0.4, 0.5) is 18.9 Å². The molecule has 0 bridgehead atoms. The normalized spacial score (nSPS) is 12.5. The van der Waals surface area contributed by atoms with Crippen LogP contribution in [0.15, 0.2) is 41.8 Å². The standard InChI is InChI=1S/C15H13F3N2O3S/c16-15(17,18)9-3-5-10(6-4-9)20-14(23)13(22)19-8-11(21)12-2-1-7-24-12/h1-7,11,21H,8H2,(H,19,22)(H,20,23)/t11-/m0/s1. The van der Waals surface area contributed by atoms with E-state index in [1.165, 1.54) is 11.3 Å². The van der Waals surface area contributed by atoms with Crippen LogP contribution >= 0.6 is 11.3 Å². The predicted octanol–water partition coefficient (Wildman–Crippen LogP) is 2.56. The Labute approximate surface area is 139 Å². The van der Waals surface area contributed by atoms with Crippen LogP contribution in [-0.4, -0.2) is 23.5 Å². The van der Waals surface area contributed by atoms with Crippen molar-refractivity contribution in [2.75, 3.05) is 11.9 Å². The first-order valence-electron chi connectivity index (χ1n) is 6.75. The number of benzene rings is 1. The number of hydrogen-bond acceptors (Lipinski definition) is 4. The van der Waals surface area contributed by atoms with Gasteiger partial charge < -0.3 is 15.7 Å². The zero-order valence-electron chi connectivity index (χ0n) is 12.1. The number of carbonyl (C=O) groups is 2. The first kappa shape index (κ1) is 18.0. The molecule has 2 rings (SSSR count). The number of carbonyl (C=O) groups excluding carboxylic acids is 2. The summed E-state index contributed by atoms with van der Waals surface area (Å²) in [6.45, 7) is -0.153. The van der Waals surface area contributed by atoms with Crippen molar-refractivity contribution in [1.82, 2.24) is 5.32 Å². The van der Waals surface area contributed by atoms with E-state index in [1.807, 2.05) is 0 Å². The Morgan fingerprint density at radius 3 is 2.33 bits per heavy atom. The van der Waals surface area contributed by atoms with E-state index < -0.39 is 29.7 Å². The molecule has 0 aliphatic heterocycles. The number of anilines is 1. The van der Waals surface area contributed by atoms with E-state index in [1.54, 1.807) is 17.5 Å². The Hall–Kier alpha value is -2.39. The fraction of sp³-hybridized carbons (Fsp3) is 0.200. The van der Waals surface area contributed by atoms with E-state index in [0.717, 1.165) is 24.3 Å². The number of amides is 2. The topological polar surface area (TPSA) is 78.4 Å². The number of nitrogens with one attached hydrogen (secondary N) is 2. The number of thiophene rings is 1. The van der Waals surface area contributed by atoms with Gasteiger partial charge in [-0.25, -0.2) is 0 Å². The monoisotopic (exact) mass is 358 g/mol. The number of rotatable bonds is 4. The highest BCUT2D eigenvalue weighted by Gasteiger charge is 2.30. The molecular formula is C15H13F3N2O3S. The molecule has 0 saturated carbocycles. The van der Waals surface area contributed by atoms with Gasteiger partial charge in [0.15, 0.2) is 0 Å². The summed E-state index contributed by atoms with van der Waals surface area (Å²) in [6, 6.07) is 7.12. The molecule has 1 heterocycles. The molecule has 5 nitrogen and oxygen atoms in total. The molecule has 128 valence electrons. The second kappa shape index (κ2) is 7.45. The Balaban J connectivity index is 1.86. The van der Waals surface area contributed by atoms with Crippen LogP contribution in [-0.2, 0) is 15.8 Å². The predicted molar refractivity (Wildman–Crippen MR) is 82.4 cm³/mol. The van der Waals surface area contributed by atoms with Crippen molar-refractivity contribution in [3.8, 4) is 0 Å². The molecule has 0 spiro atoms. The minimum Gasteiger partial charge on any atom is -0.386 e. The van der Waals surface area contributed by atoms with Crippen LogP contribution in [0.25, 0.3) is 0 Å². The van der Waals surface area contributed by atoms with Crippen LogP contribution in [0.1, 0.15) is 16.5 Å². The van der Waals surface area contributed by atoms with Crippen LogP contribution < -0.4 is 10.6 Å². The third-order valence-corrected chi connectivity index (χ3v) is 3.98. The van der Waals surface area contributed by atoms with E-state index >= 15 is 0 Å². The van der Waals surface area contributed by atoms with Crippen LogP contribution in [0.2, 0.25) is 0 Å². The van der Waals surface area contributed by atoms with Crippen molar-refractivity contribution >= 4 is 28.8 Å². The molecule has 1 aromatic carbocycles. The third kappa shape index (κ3) is 4.80. The fourth-order valence-corrected chi connectivity index (χ4v) is 2.49. The summed E-state index contributed by atoms with van der Waals surface area (Å²) >= 11 is 1.30. The summed E-state index contributed by atoms with van der Waals surface area (Å²) in [4.78, 5) is 23.9. The zero-order chi connectivity index (χ0) is 17.7. The van der Waals surface area contributed by atoms with Crippen molar-refractivity contribution < 1.29 is 27.9 Å². The van der Waals surface area contributed by atoms with E-state index in [2.05, 4.69) is 10.6 Å². The third-order valence-electron chi connectivity index (χ3n) is 3.00. The number of alkyl halides is 3. The van der Waals surface area contributed by atoms with Crippen molar-refractivity contribution in [3.05, 3.63) is 52.2 Å². The number of hydrogen-bond donors (Lipinski definition) is 3. The SMILES string of the molecule is O=C(NC[C@H](O)c1cccs1)C(=O)Nc1ccc(C(F)(F)F)cc1. The Bertz CT molecular complexity index is 700. The van der Waals surface area contributed by atoms with E-state index in [4.69, 9.17) is 0 Å². The first-order valence-corrected chi connectivity index (χ1v) is 7.63. The first-order chi connectivity index (χ1) is 11.3. The van der Waals surface area contributed by atoms with Crippen molar-refractivity contribution in [3.63, 3.8) is 0 Å². The van der Waals surface area contributed by atoms with Gasteiger partial charge in [-0.2, -0.15) is 13.2 Å². The molecule has 2 amide bonds. The summed E-state index contributed by atoms with van der Waals surface area (Å²) in [5.41, 5.74) is -0.800. The minimum absolute atomic E-state index is 0.0574. The highest BCUT2D eigenvalue weighted by Crippen LogP contribution is 2.29. The van der Waals surface area contributed by atoms with Crippen molar-refractivity contribution in [2.45, 2.75) is 12.3 Å². The Morgan fingerprint density at radius 1 is 1.12 bits per heavy atom. The lowest BCUT2D eigenvalue weighted by Crippen LogP contribution is -2.37.